The van der Waals surface area contributed by atoms with Crippen molar-refractivity contribution in [1.29, 1.82) is 0 Å². The van der Waals surface area contributed by atoms with Crippen LogP contribution in [-0.2, 0) is 6.54 Å². The van der Waals surface area contributed by atoms with Gasteiger partial charge in [-0.05, 0) is 38.8 Å². The normalized spacial score (nSPS) is 20.2. The minimum Gasteiger partial charge on any atom is -0.383 e. The Kier molecular flexibility index (Phi) is 4.10. The maximum Gasteiger partial charge on any atom is 0.146 e. The third-order valence-electron chi connectivity index (χ3n) is 4.47. The Morgan fingerprint density at radius 3 is 2.86 bits per heavy atom. The highest BCUT2D eigenvalue weighted by molar-refractivity contribution is 7.18. The van der Waals surface area contributed by atoms with Crippen LogP contribution in [0.1, 0.15) is 35.5 Å². The molecule has 0 aromatic carbocycles. The van der Waals surface area contributed by atoms with Gasteiger partial charge in [0.1, 0.15) is 16.5 Å². The summed E-state index contributed by atoms with van der Waals surface area (Å²) in [5, 5.41) is 1.02. The number of nitrogen functional groups attached to an aromatic ring is 1. The number of hydrogen-bond acceptors (Lipinski definition) is 6. The lowest BCUT2D eigenvalue weighted by atomic mass is 10.0. The smallest absolute Gasteiger partial charge is 0.146 e. The van der Waals surface area contributed by atoms with Gasteiger partial charge in [0, 0.05) is 17.5 Å². The number of fused-ring (bicyclic) bond motifs is 1. The predicted octanol–water partition coefficient (Wildman–Crippen LogP) is 2.20. The van der Waals surface area contributed by atoms with Crippen molar-refractivity contribution >= 4 is 27.4 Å². The summed E-state index contributed by atoms with van der Waals surface area (Å²) < 4.78 is 0. The number of anilines is 1. The van der Waals surface area contributed by atoms with Gasteiger partial charge in [0.05, 0.1) is 11.9 Å². The van der Waals surface area contributed by atoms with Gasteiger partial charge in [-0.3, -0.25) is 4.90 Å². The monoisotopic (exact) mass is 305 g/mol. The minimum absolute atomic E-state index is 0.450. The Morgan fingerprint density at radius 1 is 1.29 bits per heavy atom. The number of aromatic nitrogens is 2. The van der Waals surface area contributed by atoms with Crippen molar-refractivity contribution in [2.75, 3.05) is 18.8 Å². The first-order chi connectivity index (χ1) is 10.1. The van der Waals surface area contributed by atoms with Crippen molar-refractivity contribution in [3.8, 4) is 0 Å². The van der Waals surface area contributed by atoms with E-state index >= 15 is 0 Å². The maximum atomic E-state index is 6.16. The van der Waals surface area contributed by atoms with E-state index in [9.17, 15) is 0 Å². The van der Waals surface area contributed by atoms with Crippen molar-refractivity contribution in [3.63, 3.8) is 0 Å². The standard InChI is InChI=1S/C15H23N5S/c1-9-10(2)21-15-13(9)14(17)18-12(19-15)8-20-6-4-3-5-11(20)7-16/h11H,3-8,16H2,1-2H3,(H2,17,18,19). The maximum absolute atomic E-state index is 6.16. The van der Waals surface area contributed by atoms with Crippen molar-refractivity contribution in [2.24, 2.45) is 5.73 Å². The Morgan fingerprint density at radius 2 is 2.10 bits per heavy atom. The molecule has 0 amide bonds. The van der Waals surface area contributed by atoms with Gasteiger partial charge in [0.2, 0.25) is 0 Å². The number of piperidine rings is 1. The first-order valence-corrected chi connectivity index (χ1v) is 8.38. The van der Waals surface area contributed by atoms with E-state index in [0.29, 0.717) is 18.4 Å². The Hall–Kier alpha value is -1.24. The van der Waals surface area contributed by atoms with Gasteiger partial charge < -0.3 is 11.5 Å². The molecule has 0 spiro atoms. The molecule has 2 aromatic heterocycles. The highest BCUT2D eigenvalue weighted by atomic mass is 32.1. The number of aryl methyl sites for hydroxylation is 2. The molecule has 1 saturated heterocycles. The van der Waals surface area contributed by atoms with Gasteiger partial charge >= 0.3 is 0 Å². The fourth-order valence-corrected chi connectivity index (χ4v) is 4.17. The van der Waals surface area contributed by atoms with Gasteiger partial charge in [-0.25, -0.2) is 9.97 Å². The molecule has 1 fully saturated rings. The topological polar surface area (TPSA) is 81.1 Å². The Labute approximate surface area is 129 Å². The molecule has 4 N–H and O–H groups in total. The number of hydrogen-bond donors (Lipinski definition) is 2. The minimum atomic E-state index is 0.450. The van der Waals surface area contributed by atoms with Crippen LogP contribution in [0.15, 0.2) is 0 Å². The van der Waals surface area contributed by atoms with E-state index in [0.717, 1.165) is 29.1 Å². The van der Waals surface area contributed by atoms with E-state index in [1.54, 1.807) is 11.3 Å². The van der Waals surface area contributed by atoms with E-state index in [1.807, 2.05) is 0 Å². The summed E-state index contributed by atoms with van der Waals surface area (Å²) >= 11 is 1.70. The van der Waals surface area contributed by atoms with Gasteiger partial charge in [0.15, 0.2) is 0 Å². The number of nitrogens with two attached hydrogens (primary N) is 2. The largest absolute Gasteiger partial charge is 0.383 e. The molecule has 0 bridgehead atoms. The summed E-state index contributed by atoms with van der Waals surface area (Å²) in [7, 11) is 0. The third-order valence-corrected chi connectivity index (χ3v) is 5.57. The van der Waals surface area contributed by atoms with Crippen LogP contribution >= 0.6 is 11.3 Å². The van der Waals surface area contributed by atoms with Crippen LogP contribution in [-0.4, -0.2) is 34.0 Å². The summed E-state index contributed by atoms with van der Waals surface area (Å²) in [5.74, 6) is 1.43. The van der Waals surface area contributed by atoms with E-state index in [2.05, 4.69) is 23.7 Å². The Balaban J connectivity index is 1.90. The van der Waals surface area contributed by atoms with E-state index < -0.39 is 0 Å². The molecule has 2 aromatic rings. The van der Waals surface area contributed by atoms with Crippen molar-refractivity contribution in [1.82, 2.24) is 14.9 Å². The lowest BCUT2D eigenvalue weighted by molar-refractivity contribution is 0.141. The quantitative estimate of drug-likeness (QED) is 0.908. The van der Waals surface area contributed by atoms with Crippen LogP contribution in [0, 0.1) is 13.8 Å². The van der Waals surface area contributed by atoms with Gasteiger partial charge in [0.25, 0.3) is 0 Å². The molecule has 1 unspecified atom stereocenters. The van der Waals surface area contributed by atoms with Crippen LogP contribution in [0.2, 0.25) is 0 Å². The van der Waals surface area contributed by atoms with Gasteiger partial charge in [-0.2, -0.15) is 0 Å². The molecule has 1 aliphatic rings. The van der Waals surface area contributed by atoms with Crippen LogP contribution in [0.25, 0.3) is 10.2 Å². The molecule has 0 aliphatic carbocycles. The molecular weight excluding hydrogens is 282 g/mol. The number of nitrogens with zero attached hydrogens (tertiary/aromatic N) is 3. The fraction of sp³-hybridized carbons (Fsp3) is 0.600. The molecule has 6 heteroatoms. The lowest BCUT2D eigenvalue weighted by Crippen LogP contribution is -2.43. The number of rotatable bonds is 3. The van der Waals surface area contributed by atoms with Crippen molar-refractivity contribution < 1.29 is 0 Å². The molecule has 0 saturated carbocycles. The highest BCUT2D eigenvalue weighted by Gasteiger charge is 2.22. The van der Waals surface area contributed by atoms with E-state index in [-0.39, 0.29) is 0 Å². The van der Waals surface area contributed by atoms with Crippen LogP contribution in [0.4, 0.5) is 5.82 Å². The summed E-state index contributed by atoms with van der Waals surface area (Å²) in [6.45, 7) is 6.72. The number of thiophene rings is 1. The Bertz CT molecular complexity index is 651. The zero-order chi connectivity index (χ0) is 15.0. The molecule has 3 heterocycles. The lowest BCUT2D eigenvalue weighted by Gasteiger charge is -2.34. The van der Waals surface area contributed by atoms with Gasteiger partial charge in [-0.15, -0.1) is 11.3 Å². The van der Waals surface area contributed by atoms with Crippen LogP contribution in [0.5, 0.6) is 0 Å². The summed E-state index contributed by atoms with van der Waals surface area (Å²) in [6, 6.07) is 0.450. The molecule has 114 valence electrons. The first kappa shape index (κ1) is 14.7. The van der Waals surface area contributed by atoms with E-state index in [4.69, 9.17) is 16.5 Å². The molecule has 5 nitrogen and oxygen atoms in total. The van der Waals surface area contributed by atoms with Crippen molar-refractivity contribution in [3.05, 3.63) is 16.3 Å². The zero-order valence-electron chi connectivity index (χ0n) is 12.7. The SMILES string of the molecule is Cc1sc2nc(CN3CCCCC3CN)nc(N)c2c1C. The van der Waals surface area contributed by atoms with Crippen LogP contribution in [0.3, 0.4) is 0 Å². The zero-order valence-corrected chi connectivity index (χ0v) is 13.5. The molecule has 0 radical (unpaired) electrons. The average molecular weight is 305 g/mol. The second-order valence-electron chi connectivity index (χ2n) is 5.84. The average Bonchev–Trinajstić information content (AvgIpc) is 2.75. The molecule has 3 rings (SSSR count). The second-order valence-corrected chi connectivity index (χ2v) is 7.05. The summed E-state index contributed by atoms with van der Waals surface area (Å²) in [6.07, 6.45) is 3.67. The second kappa shape index (κ2) is 5.87. The number of likely N-dealkylation sites (tertiary alicyclic amines) is 1. The molecular formula is C15H23N5S. The van der Waals surface area contributed by atoms with Crippen molar-refractivity contribution in [2.45, 2.75) is 45.7 Å². The summed E-state index contributed by atoms with van der Waals surface area (Å²) in [4.78, 5) is 13.9. The van der Waals surface area contributed by atoms with Crippen LogP contribution < -0.4 is 11.5 Å². The molecule has 21 heavy (non-hydrogen) atoms. The fourth-order valence-electron chi connectivity index (χ4n) is 3.11. The summed E-state index contributed by atoms with van der Waals surface area (Å²) in [5.41, 5.74) is 13.2. The third kappa shape index (κ3) is 2.75. The van der Waals surface area contributed by atoms with E-state index in [1.165, 1.54) is 29.7 Å². The van der Waals surface area contributed by atoms with Gasteiger partial charge in [-0.1, -0.05) is 6.42 Å². The molecule has 1 atom stereocenters. The molecule has 1 aliphatic heterocycles. The highest BCUT2D eigenvalue weighted by Crippen LogP contribution is 2.32. The predicted molar refractivity (Wildman–Crippen MR) is 88.4 cm³/mol. The first-order valence-electron chi connectivity index (χ1n) is 7.56.